The lowest BCUT2D eigenvalue weighted by Gasteiger charge is -1.95. The first kappa shape index (κ1) is 5.92. The molecule has 1 aromatic heterocycles. The normalized spacial score (nSPS) is 23.1. The highest BCUT2D eigenvalue weighted by Crippen LogP contribution is 2.13. The van der Waals surface area contributed by atoms with Crippen molar-refractivity contribution >= 4 is 0 Å². The van der Waals surface area contributed by atoms with Crippen molar-refractivity contribution in [2.45, 2.75) is 12.5 Å². The van der Waals surface area contributed by atoms with E-state index in [1.807, 2.05) is 24.0 Å². The molecule has 1 atom stereocenters. The molecule has 0 amide bonds. The molecule has 1 saturated heterocycles. The molecule has 0 aromatic carbocycles. The van der Waals surface area contributed by atoms with Crippen molar-refractivity contribution < 1.29 is 4.74 Å². The molecule has 1 aliphatic heterocycles. The van der Waals surface area contributed by atoms with Crippen molar-refractivity contribution in [3.05, 3.63) is 18.2 Å². The van der Waals surface area contributed by atoms with Gasteiger partial charge in [0.25, 0.3) is 0 Å². The summed E-state index contributed by atoms with van der Waals surface area (Å²) in [5.41, 5.74) is 0. The molecule has 3 nitrogen and oxygen atoms in total. The van der Waals surface area contributed by atoms with Gasteiger partial charge in [-0.05, 0) is 0 Å². The summed E-state index contributed by atoms with van der Waals surface area (Å²) in [6, 6.07) is 0. The summed E-state index contributed by atoms with van der Waals surface area (Å²) in [5, 5.41) is 0. The molecule has 2 rings (SSSR count). The highest BCUT2D eigenvalue weighted by Gasteiger charge is 2.23. The first-order valence-electron chi connectivity index (χ1n) is 3.44. The van der Waals surface area contributed by atoms with E-state index in [9.17, 15) is 0 Å². The van der Waals surface area contributed by atoms with Crippen LogP contribution in [0.4, 0.5) is 0 Å². The lowest BCUT2D eigenvalue weighted by atomic mass is 10.3. The van der Waals surface area contributed by atoms with Crippen molar-refractivity contribution in [3.63, 3.8) is 0 Å². The predicted molar refractivity (Wildman–Crippen MR) is 36.7 cm³/mol. The Bertz CT molecular complexity index is 227. The zero-order chi connectivity index (χ0) is 6.97. The molecule has 1 fully saturated rings. The number of imidazole rings is 1. The monoisotopic (exact) mass is 138 g/mol. The van der Waals surface area contributed by atoms with E-state index in [4.69, 9.17) is 4.74 Å². The van der Waals surface area contributed by atoms with Crippen molar-refractivity contribution in [1.29, 1.82) is 0 Å². The first-order valence-corrected chi connectivity index (χ1v) is 3.44. The number of hydrogen-bond donors (Lipinski definition) is 0. The van der Waals surface area contributed by atoms with Crippen LogP contribution in [0.2, 0.25) is 0 Å². The van der Waals surface area contributed by atoms with Gasteiger partial charge >= 0.3 is 0 Å². The van der Waals surface area contributed by atoms with Crippen LogP contribution < -0.4 is 0 Å². The van der Waals surface area contributed by atoms with Gasteiger partial charge in [-0.3, -0.25) is 0 Å². The van der Waals surface area contributed by atoms with Gasteiger partial charge in [0, 0.05) is 25.9 Å². The topological polar surface area (TPSA) is 30.4 Å². The van der Waals surface area contributed by atoms with Crippen LogP contribution in [-0.2, 0) is 18.2 Å². The first-order chi connectivity index (χ1) is 4.86. The van der Waals surface area contributed by atoms with Gasteiger partial charge in [0.2, 0.25) is 0 Å². The van der Waals surface area contributed by atoms with Gasteiger partial charge < -0.3 is 9.30 Å². The van der Waals surface area contributed by atoms with Crippen molar-refractivity contribution in [1.82, 2.24) is 9.55 Å². The number of epoxide rings is 1. The minimum Gasteiger partial charge on any atom is -0.373 e. The van der Waals surface area contributed by atoms with Crippen molar-refractivity contribution in [3.8, 4) is 0 Å². The van der Waals surface area contributed by atoms with Gasteiger partial charge in [-0.15, -0.1) is 0 Å². The number of hydrogen-bond acceptors (Lipinski definition) is 2. The molecule has 1 aromatic rings. The van der Waals surface area contributed by atoms with Gasteiger partial charge in [-0.2, -0.15) is 0 Å². The van der Waals surface area contributed by atoms with Crippen molar-refractivity contribution in [2.24, 2.45) is 7.05 Å². The molecule has 0 N–H and O–H groups in total. The standard InChI is InChI=1S/C7H10N2O/c1-9-3-2-8-7(9)4-6-5-10-6/h2-3,6H,4-5H2,1H3. The van der Waals surface area contributed by atoms with Gasteiger partial charge in [0.05, 0.1) is 12.7 Å². The van der Waals surface area contributed by atoms with Crippen LogP contribution >= 0.6 is 0 Å². The zero-order valence-corrected chi connectivity index (χ0v) is 5.95. The van der Waals surface area contributed by atoms with Crippen LogP contribution in [0.3, 0.4) is 0 Å². The average Bonchev–Trinajstić information content (AvgIpc) is 2.62. The Kier molecular flexibility index (Phi) is 1.24. The van der Waals surface area contributed by atoms with E-state index in [2.05, 4.69) is 4.98 Å². The Morgan fingerprint density at radius 2 is 2.70 bits per heavy atom. The Labute approximate surface area is 59.6 Å². The van der Waals surface area contributed by atoms with Crippen LogP contribution in [0.5, 0.6) is 0 Å². The summed E-state index contributed by atoms with van der Waals surface area (Å²) in [5.74, 6) is 1.11. The molecule has 1 unspecified atom stereocenters. The molecule has 0 spiro atoms. The minimum absolute atomic E-state index is 0.445. The lowest BCUT2D eigenvalue weighted by molar-refractivity contribution is 0.402. The predicted octanol–water partition coefficient (Wildman–Crippen LogP) is 0.361. The van der Waals surface area contributed by atoms with Gasteiger partial charge in [0.15, 0.2) is 0 Å². The van der Waals surface area contributed by atoms with E-state index in [0.717, 1.165) is 18.9 Å². The maximum absolute atomic E-state index is 5.08. The molecule has 0 saturated carbocycles. The van der Waals surface area contributed by atoms with Crippen molar-refractivity contribution in [2.75, 3.05) is 6.61 Å². The maximum Gasteiger partial charge on any atom is 0.111 e. The average molecular weight is 138 g/mol. The summed E-state index contributed by atoms with van der Waals surface area (Å²) in [6.45, 7) is 0.910. The van der Waals surface area contributed by atoms with E-state index in [1.165, 1.54) is 0 Å². The third kappa shape index (κ3) is 1.04. The van der Waals surface area contributed by atoms with Gasteiger partial charge in [-0.25, -0.2) is 4.98 Å². The van der Waals surface area contributed by atoms with Crippen LogP contribution in [0, 0.1) is 0 Å². The van der Waals surface area contributed by atoms with E-state index in [0.29, 0.717) is 6.10 Å². The molecule has 3 heteroatoms. The Morgan fingerprint density at radius 1 is 1.90 bits per heavy atom. The molecule has 2 heterocycles. The van der Waals surface area contributed by atoms with Crippen LogP contribution in [-0.4, -0.2) is 22.3 Å². The Hall–Kier alpha value is -0.830. The maximum atomic E-state index is 5.08. The van der Waals surface area contributed by atoms with E-state index in [1.54, 1.807) is 0 Å². The quantitative estimate of drug-likeness (QED) is 0.552. The van der Waals surface area contributed by atoms with Crippen LogP contribution in [0.1, 0.15) is 5.82 Å². The van der Waals surface area contributed by atoms with Crippen LogP contribution in [0.15, 0.2) is 12.4 Å². The zero-order valence-electron chi connectivity index (χ0n) is 5.95. The number of rotatable bonds is 2. The van der Waals surface area contributed by atoms with Gasteiger partial charge in [0.1, 0.15) is 5.82 Å². The molecule has 0 radical (unpaired) electrons. The molecule has 0 bridgehead atoms. The summed E-state index contributed by atoms with van der Waals surface area (Å²) in [7, 11) is 2.00. The fraction of sp³-hybridized carbons (Fsp3) is 0.571. The highest BCUT2D eigenvalue weighted by atomic mass is 16.6. The van der Waals surface area contributed by atoms with E-state index < -0.39 is 0 Å². The Morgan fingerprint density at radius 3 is 3.20 bits per heavy atom. The molecular weight excluding hydrogens is 128 g/mol. The number of ether oxygens (including phenoxy) is 1. The summed E-state index contributed by atoms with van der Waals surface area (Å²) >= 11 is 0. The third-order valence-corrected chi connectivity index (χ3v) is 1.73. The highest BCUT2D eigenvalue weighted by molar-refractivity contribution is 4.95. The second-order valence-electron chi connectivity index (χ2n) is 2.61. The summed E-state index contributed by atoms with van der Waals surface area (Å²) in [4.78, 5) is 4.18. The van der Waals surface area contributed by atoms with E-state index >= 15 is 0 Å². The molecule has 54 valence electrons. The number of nitrogens with zero attached hydrogens (tertiary/aromatic N) is 2. The molecular formula is C7H10N2O. The smallest absolute Gasteiger partial charge is 0.111 e. The van der Waals surface area contributed by atoms with Crippen LogP contribution in [0.25, 0.3) is 0 Å². The largest absolute Gasteiger partial charge is 0.373 e. The number of aryl methyl sites for hydroxylation is 1. The summed E-state index contributed by atoms with van der Waals surface area (Å²) < 4.78 is 7.11. The second kappa shape index (κ2) is 2.09. The fourth-order valence-corrected chi connectivity index (χ4v) is 0.983. The molecule has 1 aliphatic rings. The SMILES string of the molecule is Cn1ccnc1CC1CO1. The minimum atomic E-state index is 0.445. The lowest BCUT2D eigenvalue weighted by Crippen LogP contribution is -2.01. The van der Waals surface area contributed by atoms with E-state index in [-0.39, 0.29) is 0 Å². The second-order valence-corrected chi connectivity index (χ2v) is 2.61. The fourth-order valence-electron chi connectivity index (χ4n) is 0.983. The summed E-state index contributed by atoms with van der Waals surface area (Å²) in [6.07, 6.45) is 5.18. The van der Waals surface area contributed by atoms with Gasteiger partial charge in [-0.1, -0.05) is 0 Å². The molecule has 0 aliphatic carbocycles. The Balaban J connectivity index is 2.08. The third-order valence-electron chi connectivity index (χ3n) is 1.73. The molecule has 10 heavy (non-hydrogen) atoms. The number of aromatic nitrogens is 2.